The molecule has 2 heterocycles. The molecule has 0 spiro atoms. The van der Waals surface area contributed by atoms with Gasteiger partial charge in [0.2, 0.25) is 0 Å². The Balaban J connectivity index is 1.30. The molecule has 7 nitrogen and oxygen atoms in total. The van der Waals surface area contributed by atoms with Gasteiger partial charge in [0, 0.05) is 5.02 Å². The fraction of sp³-hybridized carbons (Fsp3) is 0.0909. The highest BCUT2D eigenvalue weighted by molar-refractivity contribution is 6.32. The van der Waals surface area contributed by atoms with Gasteiger partial charge in [-0.15, -0.1) is 0 Å². The predicted molar refractivity (Wildman–Crippen MR) is 117 cm³/mol. The number of rotatable bonds is 8. The average Bonchev–Trinajstić information content (AvgIpc) is 3.41. The first kappa shape index (κ1) is 20.8. The first-order chi connectivity index (χ1) is 15.1. The zero-order valence-electron chi connectivity index (χ0n) is 16.1. The van der Waals surface area contributed by atoms with Gasteiger partial charge >= 0.3 is 0 Å². The lowest BCUT2D eigenvalue weighted by atomic mass is 10.3. The van der Waals surface area contributed by atoms with Crippen molar-refractivity contribution in [1.29, 1.82) is 0 Å². The topological polar surface area (TPSA) is 78.5 Å². The van der Waals surface area contributed by atoms with Gasteiger partial charge < -0.3 is 19.2 Å². The van der Waals surface area contributed by atoms with Crippen LogP contribution in [0.15, 0.2) is 77.5 Å². The van der Waals surface area contributed by atoms with E-state index in [9.17, 15) is 4.79 Å². The van der Waals surface area contributed by atoms with Crippen LogP contribution in [0.5, 0.6) is 11.5 Å². The highest BCUT2D eigenvalue weighted by atomic mass is 35.5. The van der Waals surface area contributed by atoms with Crippen LogP contribution in [-0.4, -0.2) is 15.7 Å². The number of hydrogen-bond donors (Lipinski definition) is 1. The largest absolute Gasteiger partial charge is 0.484 e. The average molecular weight is 458 g/mol. The Labute approximate surface area is 188 Å². The predicted octanol–water partition coefficient (Wildman–Crippen LogP) is 5.65. The molecule has 0 radical (unpaired) electrons. The van der Waals surface area contributed by atoms with Crippen LogP contribution in [0.1, 0.15) is 16.3 Å². The number of halogens is 2. The van der Waals surface area contributed by atoms with Crippen LogP contribution in [0, 0.1) is 0 Å². The molecule has 31 heavy (non-hydrogen) atoms. The van der Waals surface area contributed by atoms with Gasteiger partial charge in [0.05, 0.1) is 23.1 Å². The fourth-order valence-electron chi connectivity index (χ4n) is 2.68. The number of carbonyl (C=O) groups is 1. The van der Waals surface area contributed by atoms with E-state index in [4.69, 9.17) is 37.1 Å². The smallest absolute Gasteiger partial charge is 0.291 e. The van der Waals surface area contributed by atoms with Crippen LogP contribution in [0.3, 0.4) is 0 Å². The van der Waals surface area contributed by atoms with Crippen LogP contribution in [0.2, 0.25) is 10.0 Å². The molecule has 4 aromatic rings. The molecule has 0 aliphatic carbocycles. The maximum absolute atomic E-state index is 12.4. The summed E-state index contributed by atoms with van der Waals surface area (Å²) in [5.74, 6) is 1.41. The third kappa shape index (κ3) is 5.59. The number of aromatic nitrogens is 2. The van der Waals surface area contributed by atoms with E-state index in [0.717, 1.165) is 0 Å². The van der Waals surface area contributed by atoms with E-state index in [2.05, 4.69) is 10.4 Å². The molecule has 9 heteroatoms. The number of anilines is 1. The van der Waals surface area contributed by atoms with E-state index in [1.54, 1.807) is 59.4 Å². The first-order valence-corrected chi connectivity index (χ1v) is 10.0. The quantitative estimate of drug-likeness (QED) is 0.369. The minimum Gasteiger partial charge on any atom is -0.484 e. The lowest BCUT2D eigenvalue weighted by Gasteiger charge is -2.06. The summed E-state index contributed by atoms with van der Waals surface area (Å²) < 4.78 is 18.3. The van der Waals surface area contributed by atoms with Crippen LogP contribution in [0.4, 0.5) is 5.69 Å². The van der Waals surface area contributed by atoms with Crippen molar-refractivity contribution in [2.75, 3.05) is 5.32 Å². The Hall–Kier alpha value is -3.42. The monoisotopic (exact) mass is 457 g/mol. The molecular weight excluding hydrogens is 441 g/mol. The van der Waals surface area contributed by atoms with Gasteiger partial charge in [-0.25, -0.2) is 4.68 Å². The Morgan fingerprint density at radius 3 is 2.77 bits per heavy atom. The Morgan fingerprint density at radius 1 is 1.06 bits per heavy atom. The molecule has 0 saturated heterocycles. The molecule has 1 N–H and O–H groups in total. The van der Waals surface area contributed by atoms with Crippen molar-refractivity contribution in [3.05, 3.63) is 94.6 Å². The van der Waals surface area contributed by atoms with Crippen molar-refractivity contribution < 1.29 is 18.7 Å². The Bertz CT molecular complexity index is 1190. The Morgan fingerprint density at radius 2 is 1.94 bits per heavy atom. The second-order valence-corrected chi connectivity index (χ2v) is 7.28. The lowest BCUT2D eigenvalue weighted by Crippen LogP contribution is -2.10. The molecule has 0 aliphatic heterocycles. The number of para-hydroxylation sites is 1. The summed E-state index contributed by atoms with van der Waals surface area (Å²) >= 11 is 12.0. The molecular formula is C22H17Cl2N3O4. The van der Waals surface area contributed by atoms with E-state index < -0.39 is 5.91 Å². The van der Waals surface area contributed by atoms with Crippen molar-refractivity contribution in [3.8, 4) is 11.5 Å². The number of nitrogens with zero attached hydrogens (tertiary/aromatic N) is 2. The third-order valence-corrected chi connectivity index (χ3v) is 4.69. The Kier molecular flexibility index (Phi) is 6.45. The van der Waals surface area contributed by atoms with Gasteiger partial charge in [0.15, 0.2) is 12.5 Å². The number of amides is 1. The number of nitrogens with one attached hydrogen (secondary N) is 1. The molecule has 0 fully saturated rings. The van der Waals surface area contributed by atoms with E-state index >= 15 is 0 Å². The van der Waals surface area contributed by atoms with Crippen molar-refractivity contribution in [2.24, 2.45) is 0 Å². The SMILES string of the molecule is O=C(Nc1cnn(COc2cccc(Cl)c2)c1)c1ccc(COc2ccccc2Cl)o1. The zero-order valence-corrected chi connectivity index (χ0v) is 17.6. The van der Waals surface area contributed by atoms with Crippen molar-refractivity contribution in [3.63, 3.8) is 0 Å². The normalized spacial score (nSPS) is 10.6. The minimum absolute atomic E-state index is 0.149. The highest BCUT2D eigenvalue weighted by Crippen LogP contribution is 2.24. The maximum atomic E-state index is 12.4. The van der Waals surface area contributed by atoms with Gasteiger partial charge in [-0.3, -0.25) is 4.79 Å². The molecule has 0 unspecified atom stereocenters. The number of ether oxygens (including phenoxy) is 2. The number of benzene rings is 2. The van der Waals surface area contributed by atoms with Gasteiger partial charge in [-0.2, -0.15) is 5.10 Å². The fourth-order valence-corrected chi connectivity index (χ4v) is 3.05. The maximum Gasteiger partial charge on any atom is 0.291 e. The molecule has 158 valence electrons. The van der Waals surface area contributed by atoms with Crippen molar-refractivity contribution >= 4 is 34.8 Å². The van der Waals surface area contributed by atoms with Crippen molar-refractivity contribution in [2.45, 2.75) is 13.3 Å². The summed E-state index contributed by atoms with van der Waals surface area (Å²) in [5, 5.41) is 7.97. The summed E-state index contributed by atoms with van der Waals surface area (Å²) in [4.78, 5) is 12.4. The second-order valence-electron chi connectivity index (χ2n) is 6.44. The summed E-state index contributed by atoms with van der Waals surface area (Å²) in [7, 11) is 0. The van der Waals surface area contributed by atoms with Crippen LogP contribution >= 0.6 is 23.2 Å². The van der Waals surface area contributed by atoms with Gasteiger partial charge in [-0.1, -0.05) is 41.4 Å². The van der Waals surface area contributed by atoms with E-state index in [1.807, 2.05) is 12.1 Å². The number of hydrogen-bond acceptors (Lipinski definition) is 5. The number of carbonyl (C=O) groups excluding carboxylic acids is 1. The second kappa shape index (κ2) is 9.59. The molecule has 0 bridgehead atoms. The lowest BCUT2D eigenvalue weighted by molar-refractivity contribution is 0.0992. The van der Waals surface area contributed by atoms with Crippen molar-refractivity contribution in [1.82, 2.24) is 9.78 Å². The molecule has 2 aromatic carbocycles. The molecule has 2 aromatic heterocycles. The van der Waals surface area contributed by atoms with Crippen LogP contribution in [0.25, 0.3) is 0 Å². The van der Waals surface area contributed by atoms with Gasteiger partial charge in [-0.05, 0) is 42.5 Å². The summed E-state index contributed by atoms with van der Waals surface area (Å²) in [6, 6.07) is 17.4. The zero-order chi connectivity index (χ0) is 21.6. The van der Waals surface area contributed by atoms with E-state index in [-0.39, 0.29) is 19.1 Å². The van der Waals surface area contributed by atoms with Gasteiger partial charge in [0.1, 0.15) is 23.9 Å². The highest BCUT2D eigenvalue weighted by Gasteiger charge is 2.13. The summed E-state index contributed by atoms with van der Waals surface area (Å²) in [5.41, 5.74) is 0.505. The summed E-state index contributed by atoms with van der Waals surface area (Å²) in [6.07, 6.45) is 3.16. The standard InChI is InChI=1S/C22H17Cl2N3O4/c23-15-4-3-5-17(10-15)30-14-27-12-16(11-25-27)26-22(28)21-9-8-18(31-21)13-29-20-7-2-1-6-19(20)24/h1-12H,13-14H2,(H,26,28). The van der Waals surface area contributed by atoms with Crippen LogP contribution < -0.4 is 14.8 Å². The van der Waals surface area contributed by atoms with E-state index in [0.29, 0.717) is 33.0 Å². The first-order valence-electron chi connectivity index (χ1n) is 9.25. The molecule has 1 amide bonds. The minimum atomic E-state index is -0.403. The molecule has 0 saturated carbocycles. The molecule has 0 aliphatic rings. The molecule has 4 rings (SSSR count). The van der Waals surface area contributed by atoms with Crippen LogP contribution in [-0.2, 0) is 13.3 Å². The third-order valence-electron chi connectivity index (χ3n) is 4.14. The summed E-state index contributed by atoms with van der Waals surface area (Å²) in [6.45, 7) is 0.316. The van der Waals surface area contributed by atoms with E-state index in [1.165, 1.54) is 6.20 Å². The van der Waals surface area contributed by atoms with Gasteiger partial charge in [0.25, 0.3) is 5.91 Å². The number of furan rings is 1. The molecule has 0 atom stereocenters.